The van der Waals surface area contributed by atoms with Crippen molar-refractivity contribution >= 4 is 12.0 Å². The number of nitrogens with one attached hydrogen (secondary N) is 2. The van der Waals surface area contributed by atoms with E-state index in [1.165, 1.54) is 20.0 Å². The summed E-state index contributed by atoms with van der Waals surface area (Å²) in [5, 5.41) is 6.17. The van der Waals surface area contributed by atoms with Crippen molar-refractivity contribution in [3.63, 3.8) is 0 Å². The zero-order valence-electron chi connectivity index (χ0n) is 13.1. The van der Waals surface area contributed by atoms with Gasteiger partial charge in [0.25, 0.3) is 0 Å². The molecule has 0 saturated carbocycles. The van der Waals surface area contributed by atoms with Crippen LogP contribution >= 0.6 is 0 Å². The molecular weight excluding hydrogens is 270 g/mol. The van der Waals surface area contributed by atoms with E-state index in [9.17, 15) is 9.59 Å². The van der Waals surface area contributed by atoms with Gasteiger partial charge in [0.1, 0.15) is 0 Å². The number of hydrogen-bond donors (Lipinski definition) is 2. The van der Waals surface area contributed by atoms with Gasteiger partial charge in [-0.2, -0.15) is 0 Å². The van der Waals surface area contributed by atoms with E-state index in [0.29, 0.717) is 24.8 Å². The summed E-state index contributed by atoms with van der Waals surface area (Å²) in [6, 6.07) is 0.0213. The number of piperidine rings is 1. The number of likely N-dealkylation sites (tertiary alicyclic amines) is 1. The van der Waals surface area contributed by atoms with Crippen LogP contribution in [0.1, 0.15) is 32.6 Å². The van der Waals surface area contributed by atoms with Crippen LogP contribution in [0.3, 0.4) is 0 Å². The second kappa shape index (κ2) is 7.64. The Hall–Kier alpha value is -1.30. The third kappa shape index (κ3) is 4.59. The highest BCUT2D eigenvalue weighted by Gasteiger charge is 2.30. The highest BCUT2D eigenvalue weighted by molar-refractivity contribution is 5.77. The highest BCUT2D eigenvalue weighted by Crippen LogP contribution is 2.24. The van der Waals surface area contributed by atoms with E-state index in [1.54, 1.807) is 0 Å². The fourth-order valence-corrected chi connectivity index (χ4v) is 3.27. The molecule has 0 radical (unpaired) electrons. The lowest BCUT2D eigenvalue weighted by Crippen LogP contribution is -2.39. The van der Waals surface area contributed by atoms with Gasteiger partial charge in [0.05, 0.1) is 13.2 Å². The molecule has 0 aliphatic carbocycles. The van der Waals surface area contributed by atoms with Crippen LogP contribution in [-0.2, 0) is 9.53 Å². The van der Waals surface area contributed by atoms with Crippen LogP contribution < -0.4 is 10.6 Å². The van der Waals surface area contributed by atoms with Crippen LogP contribution in [0.5, 0.6) is 0 Å². The maximum atomic E-state index is 12.4. The van der Waals surface area contributed by atoms with Crippen molar-refractivity contribution in [2.24, 2.45) is 11.8 Å². The summed E-state index contributed by atoms with van der Waals surface area (Å²) in [4.78, 5) is 25.4. The van der Waals surface area contributed by atoms with Crippen molar-refractivity contribution in [3.05, 3.63) is 0 Å². The Morgan fingerprint density at radius 3 is 2.90 bits per heavy atom. The molecule has 6 nitrogen and oxygen atoms in total. The normalized spacial score (nSPS) is 27.2. The molecule has 0 aromatic carbocycles. The zero-order chi connectivity index (χ0) is 15.2. The fourth-order valence-electron chi connectivity index (χ4n) is 3.27. The summed E-state index contributed by atoms with van der Waals surface area (Å²) in [5.74, 6) is 1.23. The summed E-state index contributed by atoms with van der Waals surface area (Å²) >= 11 is 0. The van der Waals surface area contributed by atoms with Crippen molar-refractivity contribution in [3.8, 4) is 0 Å². The Morgan fingerprint density at radius 1 is 1.43 bits per heavy atom. The van der Waals surface area contributed by atoms with Gasteiger partial charge in [-0.15, -0.1) is 0 Å². The zero-order valence-corrected chi connectivity index (χ0v) is 13.1. The first-order valence-corrected chi connectivity index (χ1v) is 7.93. The number of alkyl carbamates (subject to hydrolysis) is 1. The van der Waals surface area contributed by atoms with Gasteiger partial charge in [-0.3, -0.25) is 4.79 Å². The summed E-state index contributed by atoms with van der Waals surface area (Å²) in [7, 11) is 1.35. The summed E-state index contributed by atoms with van der Waals surface area (Å²) < 4.78 is 4.59. The molecule has 3 atom stereocenters. The van der Waals surface area contributed by atoms with Crippen LogP contribution in [0, 0.1) is 11.8 Å². The van der Waals surface area contributed by atoms with Crippen LogP contribution in [0.25, 0.3) is 0 Å². The number of carbonyl (C=O) groups is 2. The van der Waals surface area contributed by atoms with E-state index in [0.717, 1.165) is 26.1 Å². The minimum atomic E-state index is -0.420. The van der Waals surface area contributed by atoms with Crippen LogP contribution in [-0.4, -0.2) is 56.2 Å². The van der Waals surface area contributed by atoms with Crippen molar-refractivity contribution in [1.82, 2.24) is 15.5 Å². The Labute approximate surface area is 126 Å². The maximum Gasteiger partial charge on any atom is 0.407 e. The first-order chi connectivity index (χ1) is 10.1. The first-order valence-electron chi connectivity index (χ1n) is 7.93. The van der Waals surface area contributed by atoms with Gasteiger partial charge in [-0.05, 0) is 44.2 Å². The number of hydrogen-bond acceptors (Lipinski definition) is 4. The van der Waals surface area contributed by atoms with Crippen molar-refractivity contribution in [1.29, 1.82) is 0 Å². The van der Waals surface area contributed by atoms with Gasteiger partial charge in [0.2, 0.25) is 5.91 Å². The number of rotatable bonds is 4. The van der Waals surface area contributed by atoms with Gasteiger partial charge >= 0.3 is 6.09 Å². The molecule has 3 unspecified atom stereocenters. The number of amides is 2. The third-order valence-corrected chi connectivity index (χ3v) is 4.68. The Bertz CT molecular complexity index is 369. The summed E-state index contributed by atoms with van der Waals surface area (Å²) in [5.41, 5.74) is 0. The number of methoxy groups -OCH3 is 1. The molecule has 2 rings (SSSR count). The molecule has 0 aromatic rings. The molecule has 6 heteroatoms. The molecule has 0 aromatic heterocycles. The Kier molecular flexibility index (Phi) is 5.85. The van der Waals surface area contributed by atoms with Crippen molar-refractivity contribution in [2.75, 3.05) is 33.3 Å². The average molecular weight is 297 g/mol. The van der Waals surface area contributed by atoms with Crippen molar-refractivity contribution < 1.29 is 14.3 Å². The second-order valence-electron chi connectivity index (χ2n) is 6.25. The summed E-state index contributed by atoms with van der Waals surface area (Å²) in [6.07, 6.45) is 3.42. The molecule has 0 spiro atoms. The van der Waals surface area contributed by atoms with E-state index in [-0.39, 0.29) is 11.9 Å². The van der Waals surface area contributed by atoms with Gasteiger partial charge < -0.3 is 20.3 Å². The van der Waals surface area contributed by atoms with Crippen LogP contribution in [0.15, 0.2) is 0 Å². The lowest BCUT2D eigenvalue weighted by molar-refractivity contribution is -0.131. The fraction of sp³-hybridized carbons (Fsp3) is 0.867. The second-order valence-corrected chi connectivity index (χ2v) is 6.25. The standard InChI is InChI=1S/C15H27N3O3/c1-11(12-4-3-6-16-9-12)8-14(19)18-7-5-13(10-18)17-15(20)21-2/h11-13,16H,3-10H2,1-2H3,(H,17,20). The van der Waals surface area contributed by atoms with Gasteiger partial charge in [0.15, 0.2) is 0 Å². The molecule has 2 amide bonds. The van der Waals surface area contributed by atoms with Crippen LogP contribution in [0.2, 0.25) is 0 Å². The van der Waals surface area contributed by atoms with Gasteiger partial charge in [-0.25, -0.2) is 4.79 Å². The van der Waals surface area contributed by atoms with Crippen LogP contribution in [0.4, 0.5) is 4.79 Å². The molecule has 2 aliphatic rings. The SMILES string of the molecule is COC(=O)NC1CCN(C(=O)CC(C)C2CCCNC2)C1. The highest BCUT2D eigenvalue weighted by atomic mass is 16.5. The van der Waals surface area contributed by atoms with E-state index in [1.807, 2.05) is 4.90 Å². The Morgan fingerprint density at radius 2 is 2.24 bits per heavy atom. The van der Waals surface area contributed by atoms with Crippen molar-refractivity contribution in [2.45, 2.75) is 38.6 Å². The molecule has 2 fully saturated rings. The van der Waals surface area contributed by atoms with E-state index >= 15 is 0 Å². The molecule has 120 valence electrons. The van der Waals surface area contributed by atoms with E-state index < -0.39 is 6.09 Å². The topological polar surface area (TPSA) is 70.7 Å². The number of ether oxygens (including phenoxy) is 1. The maximum absolute atomic E-state index is 12.4. The smallest absolute Gasteiger partial charge is 0.407 e. The monoisotopic (exact) mass is 297 g/mol. The Balaban J connectivity index is 1.74. The average Bonchev–Trinajstić information content (AvgIpc) is 2.96. The molecule has 0 bridgehead atoms. The minimum Gasteiger partial charge on any atom is -0.453 e. The van der Waals surface area contributed by atoms with Gasteiger partial charge in [0, 0.05) is 19.5 Å². The summed E-state index contributed by atoms with van der Waals surface area (Å²) in [6.45, 7) is 5.63. The molecular formula is C15H27N3O3. The van der Waals surface area contributed by atoms with Gasteiger partial charge in [-0.1, -0.05) is 6.92 Å². The first kappa shape index (κ1) is 16.1. The molecule has 2 aliphatic heterocycles. The lowest BCUT2D eigenvalue weighted by atomic mass is 9.85. The predicted octanol–water partition coefficient (Wildman–Crippen LogP) is 0.969. The largest absolute Gasteiger partial charge is 0.453 e. The quantitative estimate of drug-likeness (QED) is 0.811. The predicted molar refractivity (Wildman–Crippen MR) is 79.9 cm³/mol. The molecule has 21 heavy (non-hydrogen) atoms. The number of nitrogens with zero attached hydrogens (tertiary/aromatic N) is 1. The number of carbonyl (C=O) groups excluding carboxylic acids is 2. The van der Waals surface area contributed by atoms with E-state index in [2.05, 4.69) is 22.3 Å². The molecule has 2 N–H and O–H groups in total. The molecule has 2 saturated heterocycles. The molecule has 2 heterocycles. The minimum absolute atomic E-state index is 0.0213. The van der Waals surface area contributed by atoms with E-state index in [4.69, 9.17) is 0 Å². The third-order valence-electron chi connectivity index (χ3n) is 4.68. The lowest BCUT2D eigenvalue weighted by Gasteiger charge is -2.29.